The molecule has 4 N–H and O–H groups in total. The molecule has 0 radical (unpaired) electrons. The van der Waals surface area contributed by atoms with Crippen molar-refractivity contribution in [3.8, 4) is 0 Å². The maximum Gasteiger partial charge on any atom is 0.364 e. The van der Waals surface area contributed by atoms with E-state index >= 15 is 0 Å². The zero-order valence-electron chi connectivity index (χ0n) is 6.53. The molecule has 0 amide bonds. The van der Waals surface area contributed by atoms with Gasteiger partial charge in [-0.25, -0.2) is 39.6 Å². The van der Waals surface area contributed by atoms with Gasteiger partial charge in [-0.05, 0) is 0 Å². The van der Waals surface area contributed by atoms with Crippen LogP contribution in [-0.2, 0) is 0 Å². The van der Waals surface area contributed by atoms with Crippen LogP contribution in [0.5, 0.6) is 0 Å². The predicted molar refractivity (Wildman–Crippen MR) is 42.1 cm³/mol. The van der Waals surface area contributed by atoms with E-state index in [0.29, 0.717) is 9.35 Å². The second-order valence-electron chi connectivity index (χ2n) is 2.34. The first-order chi connectivity index (χ1) is 6.61. The van der Waals surface area contributed by atoms with Gasteiger partial charge in [0.05, 0.1) is 0 Å². The van der Waals surface area contributed by atoms with E-state index in [4.69, 9.17) is 0 Å². The summed E-state index contributed by atoms with van der Waals surface area (Å²) in [7, 11) is 0. The smallest absolute Gasteiger partial charge is 0.246 e. The van der Waals surface area contributed by atoms with Crippen molar-refractivity contribution in [1.29, 1.82) is 0 Å². The summed E-state index contributed by atoms with van der Waals surface area (Å²) in [6.45, 7) is 0. The Labute approximate surface area is 72.8 Å². The summed E-state index contributed by atoms with van der Waals surface area (Å²) in [4.78, 5) is 44.0. The molecule has 0 aliphatic rings. The quantitative estimate of drug-likeness (QED) is 0.376. The van der Waals surface area contributed by atoms with Crippen molar-refractivity contribution in [2.45, 2.75) is 0 Å². The molecule has 2 aromatic rings. The molecular formula is C4H4N6O4. The number of hydrogen-bond donors (Lipinski definition) is 4. The van der Waals surface area contributed by atoms with Crippen LogP contribution in [0, 0.1) is 0 Å². The largest absolute Gasteiger partial charge is 0.364 e. The first-order valence-corrected chi connectivity index (χ1v) is 3.41. The molecule has 2 rings (SSSR count). The van der Waals surface area contributed by atoms with Crippen LogP contribution in [-0.4, -0.2) is 29.7 Å². The molecule has 0 aliphatic heterocycles. The van der Waals surface area contributed by atoms with Gasteiger partial charge in [0.25, 0.3) is 0 Å². The van der Waals surface area contributed by atoms with Gasteiger partial charge in [0.15, 0.2) is 0 Å². The highest BCUT2D eigenvalue weighted by atomic mass is 16.2. The van der Waals surface area contributed by atoms with Gasteiger partial charge in [-0.1, -0.05) is 0 Å². The molecular weight excluding hydrogens is 196 g/mol. The Morgan fingerprint density at radius 1 is 0.571 bits per heavy atom. The van der Waals surface area contributed by atoms with Crippen LogP contribution >= 0.6 is 0 Å². The first-order valence-electron chi connectivity index (χ1n) is 3.41. The molecule has 0 saturated heterocycles. The molecule has 14 heavy (non-hydrogen) atoms. The molecule has 0 unspecified atom stereocenters. The van der Waals surface area contributed by atoms with Crippen LogP contribution < -0.4 is 22.8 Å². The molecule has 10 heteroatoms. The fourth-order valence-corrected chi connectivity index (χ4v) is 0.973. The number of H-pyrrole nitrogens is 4. The first kappa shape index (κ1) is 8.10. The van der Waals surface area contributed by atoms with E-state index in [1.54, 1.807) is 0 Å². The van der Waals surface area contributed by atoms with E-state index in [1.807, 2.05) is 20.4 Å². The van der Waals surface area contributed by atoms with Crippen LogP contribution in [0.2, 0.25) is 0 Å². The Balaban J connectivity index is 2.99. The summed E-state index contributed by atoms with van der Waals surface area (Å²) < 4.78 is 0.662. The molecule has 10 nitrogen and oxygen atoms in total. The van der Waals surface area contributed by atoms with E-state index in [1.165, 1.54) is 0 Å². The molecule has 2 heterocycles. The Hall–Kier alpha value is -2.52. The number of aromatic nitrogens is 6. The number of nitrogens with one attached hydrogen (secondary N) is 4. The molecule has 0 aliphatic carbocycles. The Morgan fingerprint density at radius 2 is 0.786 bits per heavy atom. The second kappa shape index (κ2) is 2.48. The monoisotopic (exact) mass is 200 g/mol. The SMILES string of the molecule is O=c1[nH][nH]c(=O)n1-n1c(=O)[nH][nH]c1=O. The number of hydrogen-bond acceptors (Lipinski definition) is 4. The highest BCUT2D eigenvalue weighted by Gasteiger charge is 2.10. The van der Waals surface area contributed by atoms with Gasteiger partial charge < -0.3 is 0 Å². The minimum absolute atomic E-state index is 0.331. The molecule has 2 aromatic heterocycles. The summed E-state index contributed by atoms with van der Waals surface area (Å²) in [5, 5.41) is 7.69. The molecule has 0 aromatic carbocycles. The Bertz CT molecular complexity index is 556. The second-order valence-corrected chi connectivity index (χ2v) is 2.34. The molecule has 0 atom stereocenters. The van der Waals surface area contributed by atoms with Gasteiger partial charge in [-0.3, -0.25) is 0 Å². The van der Waals surface area contributed by atoms with Crippen molar-refractivity contribution in [3.05, 3.63) is 41.9 Å². The standard InChI is InChI=1S/C4H4N6O4/c11-1-5-6-2(12)9(1)10-3(13)7-8-4(10)14/h(H,5,11)(H,6,12)(H,7,13)(H,8,14). The van der Waals surface area contributed by atoms with Gasteiger partial charge in [-0.15, -0.1) is 9.35 Å². The van der Waals surface area contributed by atoms with Crippen molar-refractivity contribution in [1.82, 2.24) is 29.7 Å². The van der Waals surface area contributed by atoms with Gasteiger partial charge in [0.2, 0.25) is 0 Å². The normalized spacial score (nSPS) is 10.6. The predicted octanol–water partition coefficient (Wildman–Crippen LogP) is -3.65. The van der Waals surface area contributed by atoms with E-state index in [0.717, 1.165) is 0 Å². The molecule has 0 bridgehead atoms. The average Bonchev–Trinajstić information content (AvgIpc) is 2.60. The van der Waals surface area contributed by atoms with Crippen LogP contribution in [0.15, 0.2) is 19.2 Å². The van der Waals surface area contributed by atoms with Crippen LogP contribution in [0.4, 0.5) is 0 Å². The van der Waals surface area contributed by atoms with E-state index in [-0.39, 0.29) is 0 Å². The Kier molecular flexibility index (Phi) is 1.44. The maximum absolute atomic E-state index is 11.0. The van der Waals surface area contributed by atoms with E-state index in [9.17, 15) is 19.2 Å². The van der Waals surface area contributed by atoms with Gasteiger partial charge in [-0.2, -0.15) is 0 Å². The van der Waals surface area contributed by atoms with Crippen LogP contribution in [0.3, 0.4) is 0 Å². The lowest BCUT2D eigenvalue weighted by Gasteiger charge is -1.91. The fraction of sp³-hybridized carbons (Fsp3) is 0. The zero-order chi connectivity index (χ0) is 10.3. The summed E-state index contributed by atoms with van der Waals surface area (Å²) in [5.74, 6) is 0. The van der Waals surface area contributed by atoms with Gasteiger partial charge in [0, 0.05) is 0 Å². The number of rotatable bonds is 1. The minimum atomic E-state index is -0.915. The highest BCUT2D eigenvalue weighted by Crippen LogP contribution is 1.60. The third-order valence-corrected chi connectivity index (χ3v) is 1.52. The summed E-state index contributed by atoms with van der Waals surface area (Å²) in [6, 6.07) is 0. The molecule has 74 valence electrons. The highest BCUT2D eigenvalue weighted by molar-refractivity contribution is 4.73. The van der Waals surface area contributed by atoms with Crippen molar-refractivity contribution >= 4 is 0 Å². The van der Waals surface area contributed by atoms with E-state index < -0.39 is 22.8 Å². The van der Waals surface area contributed by atoms with Crippen LogP contribution in [0.25, 0.3) is 0 Å². The summed E-state index contributed by atoms with van der Waals surface area (Å²) in [6.07, 6.45) is 0. The fourth-order valence-electron chi connectivity index (χ4n) is 0.973. The molecule has 0 saturated carbocycles. The van der Waals surface area contributed by atoms with Crippen molar-refractivity contribution in [3.63, 3.8) is 0 Å². The maximum atomic E-state index is 11.0. The third kappa shape index (κ3) is 0.903. The minimum Gasteiger partial charge on any atom is -0.246 e. The lowest BCUT2D eigenvalue weighted by atomic mass is 11.1. The summed E-state index contributed by atoms with van der Waals surface area (Å²) in [5.41, 5.74) is -3.66. The number of nitrogens with zero attached hydrogens (tertiary/aromatic N) is 2. The van der Waals surface area contributed by atoms with Crippen molar-refractivity contribution in [2.24, 2.45) is 0 Å². The Morgan fingerprint density at radius 3 is 1.00 bits per heavy atom. The van der Waals surface area contributed by atoms with Crippen LogP contribution in [0.1, 0.15) is 0 Å². The summed E-state index contributed by atoms with van der Waals surface area (Å²) >= 11 is 0. The lowest BCUT2D eigenvalue weighted by molar-refractivity contribution is 0.568. The average molecular weight is 200 g/mol. The third-order valence-electron chi connectivity index (χ3n) is 1.52. The zero-order valence-corrected chi connectivity index (χ0v) is 6.53. The van der Waals surface area contributed by atoms with Crippen molar-refractivity contribution in [2.75, 3.05) is 0 Å². The van der Waals surface area contributed by atoms with Gasteiger partial charge >= 0.3 is 22.8 Å². The number of aromatic amines is 4. The topological polar surface area (TPSA) is 141 Å². The van der Waals surface area contributed by atoms with Gasteiger partial charge in [0.1, 0.15) is 0 Å². The van der Waals surface area contributed by atoms with Crippen molar-refractivity contribution < 1.29 is 0 Å². The lowest BCUT2D eigenvalue weighted by Crippen LogP contribution is -2.43. The molecule has 0 fully saturated rings. The van der Waals surface area contributed by atoms with E-state index in [2.05, 4.69) is 0 Å². The molecule has 0 spiro atoms.